The summed E-state index contributed by atoms with van der Waals surface area (Å²) in [5, 5.41) is 0.754. The Morgan fingerprint density at radius 3 is 2.64 bits per heavy atom. The average molecular weight is 252 g/mol. The van der Waals surface area contributed by atoms with Crippen LogP contribution in [0, 0.1) is 0 Å². The molecular formula is C10H6BrNO2. The van der Waals surface area contributed by atoms with E-state index in [0.717, 1.165) is 15.4 Å². The lowest BCUT2D eigenvalue weighted by atomic mass is 10.1. The van der Waals surface area contributed by atoms with Gasteiger partial charge in [0.25, 0.3) is 0 Å². The molecule has 0 aliphatic carbocycles. The number of aromatic amines is 1. The summed E-state index contributed by atoms with van der Waals surface area (Å²) >= 11 is 3.34. The van der Waals surface area contributed by atoms with E-state index in [-0.39, 0.29) is 0 Å². The number of aldehydes is 2. The summed E-state index contributed by atoms with van der Waals surface area (Å²) in [6.07, 6.45) is 1.34. The minimum Gasteiger partial charge on any atom is -0.352 e. The standard InChI is InChI=1S/C10H6BrNO2/c11-7-2-1-3-8-10(7)6(4-13)9(5-14)12-8/h1-5,12H. The van der Waals surface area contributed by atoms with Crippen LogP contribution < -0.4 is 0 Å². The van der Waals surface area contributed by atoms with Crippen LogP contribution in [0.4, 0.5) is 0 Å². The van der Waals surface area contributed by atoms with Gasteiger partial charge in [0, 0.05) is 15.4 Å². The molecule has 0 bridgehead atoms. The largest absolute Gasteiger partial charge is 0.352 e. The zero-order valence-corrected chi connectivity index (χ0v) is 8.67. The molecular weight excluding hydrogens is 246 g/mol. The van der Waals surface area contributed by atoms with E-state index in [0.29, 0.717) is 23.8 Å². The van der Waals surface area contributed by atoms with Crippen LogP contribution in [-0.4, -0.2) is 17.6 Å². The molecule has 0 aliphatic rings. The van der Waals surface area contributed by atoms with Crippen molar-refractivity contribution in [2.24, 2.45) is 0 Å². The molecule has 14 heavy (non-hydrogen) atoms. The van der Waals surface area contributed by atoms with Crippen LogP contribution in [0.2, 0.25) is 0 Å². The number of benzene rings is 1. The zero-order chi connectivity index (χ0) is 10.1. The monoisotopic (exact) mass is 251 g/mol. The first kappa shape index (κ1) is 9.15. The number of carbonyl (C=O) groups is 2. The molecule has 0 spiro atoms. The highest BCUT2D eigenvalue weighted by Crippen LogP contribution is 2.27. The smallest absolute Gasteiger partial charge is 0.167 e. The molecule has 70 valence electrons. The van der Waals surface area contributed by atoms with Crippen molar-refractivity contribution in [3.05, 3.63) is 33.9 Å². The molecule has 0 fully saturated rings. The SMILES string of the molecule is O=Cc1[nH]c2cccc(Br)c2c1C=O. The summed E-state index contributed by atoms with van der Waals surface area (Å²) in [6, 6.07) is 5.49. The van der Waals surface area contributed by atoms with Crippen molar-refractivity contribution >= 4 is 39.4 Å². The third-order valence-electron chi connectivity index (χ3n) is 2.08. The second-order valence-corrected chi connectivity index (χ2v) is 3.70. The fourth-order valence-corrected chi connectivity index (χ4v) is 2.04. The summed E-state index contributed by atoms with van der Waals surface area (Å²) in [5.41, 5.74) is 1.51. The summed E-state index contributed by atoms with van der Waals surface area (Å²) in [7, 11) is 0. The highest BCUT2D eigenvalue weighted by Gasteiger charge is 2.11. The molecule has 0 saturated carbocycles. The Morgan fingerprint density at radius 2 is 2.00 bits per heavy atom. The van der Waals surface area contributed by atoms with Crippen molar-refractivity contribution in [1.29, 1.82) is 0 Å². The second-order valence-electron chi connectivity index (χ2n) is 2.85. The van der Waals surface area contributed by atoms with Gasteiger partial charge < -0.3 is 4.98 Å². The molecule has 1 aromatic heterocycles. The number of rotatable bonds is 2. The first-order chi connectivity index (χ1) is 6.77. The molecule has 0 unspecified atom stereocenters. The molecule has 0 saturated heterocycles. The molecule has 4 heteroatoms. The normalized spacial score (nSPS) is 10.4. The third-order valence-corrected chi connectivity index (χ3v) is 2.74. The predicted octanol–water partition coefficient (Wildman–Crippen LogP) is 2.56. The fraction of sp³-hybridized carbons (Fsp3) is 0. The van der Waals surface area contributed by atoms with Crippen LogP contribution >= 0.6 is 15.9 Å². The fourth-order valence-electron chi connectivity index (χ4n) is 1.46. The van der Waals surface area contributed by atoms with Crippen LogP contribution in [-0.2, 0) is 0 Å². The van der Waals surface area contributed by atoms with Gasteiger partial charge in [-0.2, -0.15) is 0 Å². The first-order valence-electron chi connectivity index (χ1n) is 3.98. The Hall–Kier alpha value is -1.42. The summed E-state index contributed by atoms with van der Waals surface area (Å²) < 4.78 is 0.807. The molecule has 2 aromatic rings. The molecule has 0 atom stereocenters. The number of fused-ring (bicyclic) bond motifs is 1. The highest BCUT2D eigenvalue weighted by atomic mass is 79.9. The predicted molar refractivity (Wildman–Crippen MR) is 56.8 cm³/mol. The summed E-state index contributed by atoms with van der Waals surface area (Å²) in [5.74, 6) is 0. The highest BCUT2D eigenvalue weighted by molar-refractivity contribution is 9.10. The van der Waals surface area contributed by atoms with Crippen LogP contribution in [0.15, 0.2) is 22.7 Å². The van der Waals surface area contributed by atoms with Crippen molar-refractivity contribution in [2.75, 3.05) is 0 Å². The van der Waals surface area contributed by atoms with Gasteiger partial charge in [-0.25, -0.2) is 0 Å². The van der Waals surface area contributed by atoms with Crippen molar-refractivity contribution in [3.8, 4) is 0 Å². The summed E-state index contributed by atoms with van der Waals surface area (Å²) in [6.45, 7) is 0. The average Bonchev–Trinajstić information content (AvgIpc) is 2.56. The van der Waals surface area contributed by atoms with Gasteiger partial charge in [-0.15, -0.1) is 0 Å². The molecule has 0 amide bonds. The van der Waals surface area contributed by atoms with Crippen LogP contribution in [0.1, 0.15) is 20.8 Å². The van der Waals surface area contributed by atoms with E-state index in [4.69, 9.17) is 0 Å². The quantitative estimate of drug-likeness (QED) is 0.835. The number of hydrogen-bond acceptors (Lipinski definition) is 2. The maximum absolute atomic E-state index is 10.8. The topological polar surface area (TPSA) is 49.9 Å². The number of hydrogen-bond donors (Lipinski definition) is 1. The lowest BCUT2D eigenvalue weighted by Gasteiger charge is -1.93. The van der Waals surface area contributed by atoms with Gasteiger partial charge in [-0.3, -0.25) is 9.59 Å². The number of nitrogens with one attached hydrogen (secondary N) is 1. The van der Waals surface area contributed by atoms with Gasteiger partial charge in [0.15, 0.2) is 12.6 Å². The van der Waals surface area contributed by atoms with Crippen LogP contribution in [0.25, 0.3) is 10.9 Å². The Bertz CT molecular complexity index is 516. The van der Waals surface area contributed by atoms with Gasteiger partial charge >= 0.3 is 0 Å². The van der Waals surface area contributed by atoms with E-state index >= 15 is 0 Å². The van der Waals surface area contributed by atoms with Crippen LogP contribution in [0.5, 0.6) is 0 Å². The number of aromatic nitrogens is 1. The molecule has 3 nitrogen and oxygen atoms in total. The minimum absolute atomic E-state index is 0.321. The Balaban J connectivity index is 2.95. The Kier molecular flexibility index (Phi) is 2.21. The van der Waals surface area contributed by atoms with Gasteiger partial charge in [-0.1, -0.05) is 22.0 Å². The van der Waals surface area contributed by atoms with E-state index in [1.807, 2.05) is 18.2 Å². The van der Waals surface area contributed by atoms with Crippen molar-refractivity contribution in [2.45, 2.75) is 0 Å². The maximum Gasteiger partial charge on any atom is 0.167 e. The maximum atomic E-state index is 10.8. The number of H-pyrrole nitrogens is 1. The van der Waals surface area contributed by atoms with E-state index in [9.17, 15) is 9.59 Å². The lowest BCUT2D eigenvalue weighted by Crippen LogP contribution is -1.86. The lowest BCUT2D eigenvalue weighted by molar-refractivity contribution is 0.109. The zero-order valence-electron chi connectivity index (χ0n) is 7.08. The molecule has 0 radical (unpaired) electrons. The van der Waals surface area contributed by atoms with Gasteiger partial charge in [0.1, 0.15) is 0 Å². The van der Waals surface area contributed by atoms with E-state index < -0.39 is 0 Å². The minimum atomic E-state index is 0.321. The molecule has 1 aromatic carbocycles. The van der Waals surface area contributed by atoms with E-state index in [2.05, 4.69) is 20.9 Å². The molecule has 2 rings (SSSR count). The van der Waals surface area contributed by atoms with Gasteiger partial charge in [-0.05, 0) is 12.1 Å². The first-order valence-corrected chi connectivity index (χ1v) is 4.77. The number of halogens is 1. The van der Waals surface area contributed by atoms with Gasteiger partial charge in [0.2, 0.25) is 0 Å². The van der Waals surface area contributed by atoms with Crippen molar-refractivity contribution in [1.82, 2.24) is 4.98 Å². The van der Waals surface area contributed by atoms with E-state index in [1.165, 1.54) is 0 Å². The third kappa shape index (κ3) is 1.19. The second kappa shape index (κ2) is 3.38. The van der Waals surface area contributed by atoms with Crippen molar-refractivity contribution in [3.63, 3.8) is 0 Å². The van der Waals surface area contributed by atoms with Crippen molar-refractivity contribution < 1.29 is 9.59 Å². The number of carbonyl (C=O) groups excluding carboxylic acids is 2. The molecule has 1 N–H and O–H groups in total. The summed E-state index contributed by atoms with van der Waals surface area (Å²) in [4.78, 5) is 24.4. The van der Waals surface area contributed by atoms with E-state index in [1.54, 1.807) is 0 Å². The molecule has 1 heterocycles. The van der Waals surface area contributed by atoms with Gasteiger partial charge in [0.05, 0.1) is 11.3 Å². The Morgan fingerprint density at radius 1 is 1.21 bits per heavy atom. The van der Waals surface area contributed by atoms with Crippen LogP contribution in [0.3, 0.4) is 0 Å². The Labute approximate surface area is 88.2 Å². The molecule has 0 aliphatic heterocycles.